The monoisotopic (exact) mass is 484 g/mol. The molecule has 29 heavy (non-hydrogen) atoms. The smallest absolute Gasteiger partial charge is 0.246 e. The van der Waals surface area contributed by atoms with Gasteiger partial charge in [-0.05, 0) is 50.3 Å². The molecule has 9 heteroatoms. The van der Waals surface area contributed by atoms with Gasteiger partial charge in [-0.15, -0.1) is 5.69 Å². The summed E-state index contributed by atoms with van der Waals surface area (Å²) in [7, 11) is 0. The van der Waals surface area contributed by atoms with Crippen LogP contribution >= 0.6 is 11.6 Å². The van der Waals surface area contributed by atoms with Gasteiger partial charge < -0.3 is 15.0 Å². The van der Waals surface area contributed by atoms with Gasteiger partial charge in [-0.25, -0.2) is 9.97 Å². The molecule has 3 heterocycles. The molecular formula is C20H20ClN6OY-. The second-order valence-electron chi connectivity index (χ2n) is 7.76. The molecule has 1 radical (unpaired) electrons. The number of benzene rings is 1. The van der Waals surface area contributed by atoms with Crippen LogP contribution in [0.1, 0.15) is 37.9 Å². The molecule has 1 aliphatic heterocycles. The summed E-state index contributed by atoms with van der Waals surface area (Å²) in [5, 5.41) is 6.76. The molecule has 3 atom stereocenters. The zero-order chi connectivity index (χ0) is 19.3. The zero-order valence-electron chi connectivity index (χ0n) is 16.3. The zero-order valence-corrected chi connectivity index (χ0v) is 19.9. The van der Waals surface area contributed by atoms with E-state index in [2.05, 4.69) is 32.0 Å². The Balaban J connectivity index is 0.00000205. The molecule has 7 nitrogen and oxygen atoms in total. The number of hydrogen-bond donors (Lipinski definition) is 0. The van der Waals surface area contributed by atoms with Crippen molar-refractivity contribution in [3.05, 3.63) is 58.8 Å². The van der Waals surface area contributed by atoms with Crippen LogP contribution in [0.4, 0.5) is 5.69 Å². The van der Waals surface area contributed by atoms with Crippen LogP contribution in [0.15, 0.2) is 41.2 Å². The number of nitrogens with zero attached hydrogens (tertiary/aromatic N) is 6. The molecular weight excluding hydrogens is 465 g/mol. The molecule has 1 aliphatic carbocycles. The Labute approximate surface area is 199 Å². The summed E-state index contributed by atoms with van der Waals surface area (Å²) in [6.07, 6.45) is 6.47. The Morgan fingerprint density at radius 1 is 1.24 bits per heavy atom. The molecule has 2 bridgehead atoms. The van der Waals surface area contributed by atoms with E-state index in [0.717, 1.165) is 30.5 Å². The molecule has 0 spiro atoms. The van der Waals surface area contributed by atoms with Gasteiger partial charge in [0.1, 0.15) is 0 Å². The molecule has 0 unspecified atom stereocenters. The summed E-state index contributed by atoms with van der Waals surface area (Å²) in [5.41, 5.74) is 6.23. The van der Waals surface area contributed by atoms with Crippen LogP contribution < -0.4 is 0 Å². The second kappa shape index (κ2) is 8.02. The van der Waals surface area contributed by atoms with E-state index in [-0.39, 0.29) is 38.2 Å². The number of piperidine rings is 1. The Morgan fingerprint density at radius 3 is 2.76 bits per heavy atom. The third-order valence-corrected chi connectivity index (χ3v) is 5.95. The van der Waals surface area contributed by atoms with E-state index in [1.807, 2.05) is 25.1 Å². The van der Waals surface area contributed by atoms with E-state index in [0.29, 0.717) is 34.5 Å². The average molecular weight is 485 g/mol. The number of hydrogen-bond acceptors (Lipinski definition) is 6. The molecule has 0 N–H and O–H groups in total. The van der Waals surface area contributed by atoms with E-state index in [1.165, 1.54) is 0 Å². The van der Waals surface area contributed by atoms with Gasteiger partial charge in [0.25, 0.3) is 0 Å². The van der Waals surface area contributed by atoms with E-state index in [1.54, 1.807) is 18.5 Å². The fourth-order valence-electron chi connectivity index (χ4n) is 4.54. The molecule has 5 rings (SSSR count). The summed E-state index contributed by atoms with van der Waals surface area (Å²) in [4.78, 5) is 13.2. The quantitative estimate of drug-likeness (QED) is 0.529. The topological polar surface area (TPSA) is 82.0 Å². The molecule has 1 saturated heterocycles. The maximum atomic E-state index is 6.39. The average Bonchev–Trinajstić information content (AvgIpc) is 3.14. The van der Waals surface area contributed by atoms with Gasteiger partial charge in [0.15, 0.2) is 11.6 Å². The van der Waals surface area contributed by atoms with Gasteiger partial charge in [-0.3, -0.25) is 0 Å². The number of fused-ring (bicyclic) bond motifs is 2. The first-order chi connectivity index (χ1) is 13.5. The van der Waals surface area contributed by atoms with Crippen LogP contribution in [0.25, 0.3) is 16.8 Å². The van der Waals surface area contributed by atoms with Crippen LogP contribution in [-0.4, -0.2) is 31.2 Å². The van der Waals surface area contributed by atoms with Gasteiger partial charge in [0.05, 0.1) is 10.6 Å². The SMILES string of the molecule is Cc1noc([C@]23C[C@H](C)C[C@H](C2)N3[N-]c2ccc(Cl)c(-c3ncccn3)c2)n1.[Y]. The van der Waals surface area contributed by atoms with Gasteiger partial charge in [-0.2, -0.15) is 4.98 Å². The fourth-order valence-corrected chi connectivity index (χ4v) is 4.74. The van der Waals surface area contributed by atoms with Gasteiger partial charge in [0.2, 0.25) is 5.89 Å². The minimum Gasteiger partial charge on any atom is -0.619 e. The summed E-state index contributed by atoms with van der Waals surface area (Å²) in [5.74, 6) is 2.50. The standard InChI is InChI=1S/C20H20ClN6O.Y/c1-12-8-15-11-20(10-12,19-24-13(2)26-28-19)27(15)25-14-4-5-17(21)16(9-14)18-22-6-3-7-23-18;/h3-7,9,12,15H,8,10-11H2,1-2H3;/q-1;/t12-,15-,20+;/m1./s1. The maximum absolute atomic E-state index is 6.39. The molecule has 3 aromatic rings. The number of halogens is 1. The van der Waals surface area contributed by atoms with Crippen LogP contribution in [0.3, 0.4) is 0 Å². The Bertz CT molecular complexity index is 1020. The van der Waals surface area contributed by atoms with Gasteiger partial charge in [0, 0.05) is 50.7 Å². The van der Waals surface area contributed by atoms with Crippen LogP contribution in [0.5, 0.6) is 0 Å². The molecule has 2 aliphatic rings. The third-order valence-electron chi connectivity index (χ3n) is 5.62. The summed E-state index contributed by atoms with van der Waals surface area (Å²) >= 11 is 6.39. The van der Waals surface area contributed by atoms with Crippen LogP contribution in [0, 0.1) is 12.8 Å². The van der Waals surface area contributed by atoms with E-state index >= 15 is 0 Å². The second-order valence-corrected chi connectivity index (χ2v) is 8.17. The minimum absolute atomic E-state index is 0. The predicted molar refractivity (Wildman–Crippen MR) is 105 cm³/mol. The van der Waals surface area contributed by atoms with E-state index in [9.17, 15) is 0 Å². The molecule has 2 fully saturated rings. The largest absolute Gasteiger partial charge is 0.619 e. The van der Waals surface area contributed by atoms with Crippen molar-refractivity contribution >= 4 is 17.3 Å². The summed E-state index contributed by atoms with van der Waals surface area (Å²) in [6.45, 7) is 4.12. The van der Waals surface area contributed by atoms with Crippen molar-refractivity contribution in [3.63, 3.8) is 0 Å². The van der Waals surface area contributed by atoms with E-state index in [4.69, 9.17) is 21.5 Å². The van der Waals surface area contributed by atoms with Crippen molar-refractivity contribution < 1.29 is 37.2 Å². The summed E-state index contributed by atoms with van der Waals surface area (Å²) < 4.78 is 5.57. The minimum atomic E-state index is -0.313. The van der Waals surface area contributed by atoms with Crippen molar-refractivity contribution in [1.82, 2.24) is 25.1 Å². The predicted octanol–water partition coefficient (Wildman–Crippen LogP) is 4.81. The van der Waals surface area contributed by atoms with Crippen LogP contribution in [-0.2, 0) is 38.2 Å². The van der Waals surface area contributed by atoms with Gasteiger partial charge in [-0.1, -0.05) is 35.8 Å². The fraction of sp³-hybridized carbons (Fsp3) is 0.400. The molecule has 0 amide bonds. The Hall–Kier alpha value is -1.41. The first-order valence-corrected chi connectivity index (χ1v) is 9.82. The summed E-state index contributed by atoms with van der Waals surface area (Å²) in [6, 6.07) is 7.85. The maximum Gasteiger partial charge on any atom is 0.246 e. The van der Waals surface area contributed by atoms with Crippen molar-refractivity contribution in [2.24, 2.45) is 5.92 Å². The van der Waals surface area contributed by atoms with Gasteiger partial charge >= 0.3 is 0 Å². The number of rotatable bonds is 4. The first-order valence-electron chi connectivity index (χ1n) is 9.44. The van der Waals surface area contributed by atoms with Crippen molar-refractivity contribution in [2.45, 2.75) is 44.7 Å². The third kappa shape index (κ3) is 3.63. The molecule has 147 valence electrons. The molecule has 1 saturated carbocycles. The molecule has 1 aromatic carbocycles. The Morgan fingerprint density at radius 2 is 2.03 bits per heavy atom. The Kier molecular flexibility index (Phi) is 5.77. The van der Waals surface area contributed by atoms with Crippen molar-refractivity contribution in [1.29, 1.82) is 0 Å². The number of aryl methyl sites for hydroxylation is 1. The van der Waals surface area contributed by atoms with E-state index < -0.39 is 0 Å². The molecule has 2 aromatic heterocycles. The first kappa shape index (κ1) is 20.9. The van der Waals surface area contributed by atoms with Crippen molar-refractivity contribution in [3.8, 4) is 11.4 Å². The van der Waals surface area contributed by atoms with Crippen LogP contribution in [0.2, 0.25) is 5.02 Å². The normalized spacial score (nSPS) is 25.8. The number of aromatic nitrogens is 4. The van der Waals surface area contributed by atoms with Crippen molar-refractivity contribution in [2.75, 3.05) is 0 Å².